The second-order valence-corrected chi connectivity index (χ2v) is 10.5. The summed E-state index contributed by atoms with van der Waals surface area (Å²) >= 11 is 0. The van der Waals surface area contributed by atoms with Crippen molar-refractivity contribution in [1.29, 1.82) is 0 Å². The Morgan fingerprint density at radius 3 is 2.74 bits per heavy atom. The van der Waals surface area contributed by atoms with Crippen molar-refractivity contribution in [1.82, 2.24) is 10.0 Å². The lowest BCUT2D eigenvalue weighted by atomic mass is 10.0. The average molecular weight is 445 g/mol. The van der Waals surface area contributed by atoms with Crippen LogP contribution in [0.15, 0.2) is 41.3 Å². The monoisotopic (exact) mass is 444 g/mol. The number of para-hydroxylation sites is 1. The van der Waals surface area contributed by atoms with E-state index in [1.807, 2.05) is 32.0 Å². The number of rotatable bonds is 8. The van der Waals surface area contributed by atoms with Crippen LogP contribution in [0, 0.1) is 6.92 Å². The second kappa shape index (κ2) is 8.16. The van der Waals surface area contributed by atoms with Crippen molar-refractivity contribution in [3.63, 3.8) is 0 Å². The van der Waals surface area contributed by atoms with E-state index in [2.05, 4.69) is 10.0 Å². The van der Waals surface area contributed by atoms with Crippen molar-refractivity contribution in [3.8, 4) is 11.5 Å². The summed E-state index contributed by atoms with van der Waals surface area (Å²) in [5, 5.41) is 2.81. The molecule has 0 bridgehead atoms. The zero-order chi connectivity index (χ0) is 22.2. The smallest absolute Gasteiger partial charge is 0.251 e. The highest BCUT2D eigenvalue weighted by Gasteiger charge is 2.32. The molecule has 0 aromatic heterocycles. The largest absolute Gasteiger partial charge is 0.488 e. The van der Waals surface area contributed by atoms with E-state index < -0.39 is 10.0 Å². The molecular weight excluding hydrogens is 416 g/mol. The van der Waals surface area contributed by atoms with Gasteiger partial charge in [0.15, 0.2) is 11.5 Å². The fourth-order valence-corrected chi connectivity index (χ4v) is 4.95. The first-order chi connectivity index (χ1) is 14.6. The van der Waals surface area contributed by atoms with Crippen LogP contribution in [-0.2, 0) is 16.4 Å². The Morgan fingerprint density at radius 2 is 2.00 bits per heavy atom. The quantitative estimate of drug-likeness (QED) is 0.611. The normalized spacial score (nSPS) is 17.0. The van der Waals surface area contributed by atoms with Gasteiger partial charge in [0.25, 0.3) is 5.91 Å². The molecule has 1 fully saturated rings. The van der Waals surface area contributed by atoms with Crippen LogP contribution in [0.5, 0.6) is 11.5 Å². The fourth-order valence-electron chi connectivity index (χ4n) is 3.62. The van der Waals surface area contributed by atoms with Gasteiger partial charge in [0.2, 0.25) is 10.0 Å². The zero-order valence-corrected chi connectivity index (χ0v) is 18.8. The Balaban J connectivity index is 1.36. The first-order valence-corrected chi connectivity index (χ1v) is 12.0. The van der Waals surface area contributed by atoms with E-state index in [1.54, 1.807) is 13.0 Å². The van der Waals surface area contributed by atoms with Crippen LogP contribution < -0.4 is 19.5 Å². The summed E-state index contributed by atoms with van der Waals surface area (Å²) in [7, 11) is -3.62. The van der Waals surface area contributed by atoms with E-state index in [0.29, 0.717) is 16.9 Å². The van der Waals surface area contributed by atoms with Gasteiger partial charge in [0.05, 0.1) is 11.4 Å². The molecule has 1 heterocycles. The molecule has 8 heteroatoms. The maximum Gasteiger partial charge on any atom is 0.251 e. The molecule has 2 aliphatic rings. The number of hydrogen-bond donors (Lipinski definition) is 2. The maximum atomic E-state index is 12.7. The van der Waals surface area contributed by atoms with Crippen molar-refractivity contribution < 1.29 is 22.7 Å². The summed E-state index contributed by atoms with van der Waals surface area (Å²) in [5.41, 5.74) is 1.90. The predicted molar refractivity (Wildman–Crippen MR) is 117 cm³/mol. The van der Waals surface area contributed by atoms with E-state index in [0.717, 1.165) is 30.6 Å². The van der Waals surface area contributed by atoms with Crippen LogP contribution >= 0.6 is 0 Å². The molecule has 2 aromatic carbocycles. The summed E-state index contributed by atoms with van der Waals surface area (Å²) in [4.78, 5) is 12.8. The zero-order valence-electron chi connectivity index (χ0n) is 18.0. The maximum absolute atomic E-state index is 12.7. The van der Waals surface area contributed by atoms with Gasteiger partial charge in [-0.15, -0.1) is 0 Å². The molecule has 1 aliphatic carbocycles. The molecule has 166 valence electrons. The molecule has 2 aromatic rings. The van der Waals surface area contributed by atoms with Crippen LogP contribution in [0.3, 0.4) is 0 Å². The van der Waals surface area contributed by atoms with E-state index in [9.17, 15) is 13.2 Å². The van der Waals surface area contributed by atoms with Gasteiger partial charge in [0.1, 0.15) is 12.2 Å². The molecule has 2 N–H and O–H groups in total. The highest BCUT2D eigenvalue weighted by Crippen LogP contribution is 2.41. The molecule has 0 saturated heterocycles. The number of benzene rings is 2. The topological polar surface area (TPSA) is 93.7 Å². The highest BCUT2D eigenvalue weighted by molar-refractivity contribution is 7.89. The van der Waals surface area contributed by atoms with Crippen molar-refractivity contribution in [2.24, 2.45) is 0 Å². The number of amides is 1. The molecule has 1 aliphatic heterocycles. The number of hydrogen-bond acceptors (Lipinski definition) is 5. The fraction of sp³-hybridized carbons (Fsp3) is 0.435. The Bertz CT molecular complexity index is 1110. The van der Waals surface area contributed by atoms with E-state index in [4.69, 9.17) is 9.47 Å². The summed E-state index contributed by atoms with van der Waals surface area (Å²) in [6, 6.07) is 10.4. The van der Waals surface area contributed by atoms with E-state index >= 15 is 0 Å². The van der Waals surface area contributed by atoms with Crippen LogP contribution in [0.2, 0.25) is 0 Å². The minimum absolute atomic E-state index is 0.00900. The Morgan fingerprint density at radius 1 is 1.23 bits per heavy atom. The first kappa shape index (κ1) is 21.6. The number of carbonyl (C=O) groups excluding carboxylic acids is 1. The molecule has 1 amide bonds. The van der Waals surface area contributed by atoms with Gasteiger partial charge in [-0.05, 0) is 57.4 Å². The SMILES string of the molecule is Cc1ccc(S(=O)(=O)NC2CC2)cc1C(=O)NCCOc1cccc2c1OC(C)(C)C2. The molecule has 0 spiro atoms. The Hall–Kier alpha value is -2.58. The van der Waals surface area contributed by atoms with Gasteiger partial charge in [-0.2, -0.15) is 0 Å². The number of nitrogens with one attached hydrogen (secondary N) is 2. The molecule has 4 rings (SSSR count). The van der Waals surface area contributed by atoms with Crippen LogP contribution in [0.25, 0.3) is 0 Å². The number of carbonyl (C=O) groups is 1. The van der Waals surface area contributed by atoms with Gasteiger partial charge >= 0.3 is 0 Å². The van der Waals surface area contributed by atoms with Gasteiger partial charge < -0.3 is 14.8 Å². The van der Waals surface area contributed by atoms with Gasteiger partial charge in [0, 0.05) is 23.6 Å². The molecule has 0 atom stereocenters. The van der Waals surface area contributed by atoms with Gasteiger partial charge in [-0.3, -0.25) is 4.79 Å². The standard InChI is InChI=1S/C23H28N2O5S/c1-15-7-10-18(31(27,28)25-17-8-9-17)13-19(15)22(26)24-11-12-29-20-6-4-5-16-14-23(2,3)30-21(16)20/h4-7,10,13,17,25H,8-9,11-12,14H2,1-3H3,(H,24,26). The van der Waals surface area contributed by atoms with E-state index in [-0.39, 0.29) is 35.6 Å². The summed E-state index contributed by atoms with van der Waals surface area (Å²) in [5.74, 6) is 1.09. The lowest BCUT2D eigenvalue weighted by Crippen LogP contribution is -2.30. The highest BCUT2D eigenvalue weighted by atomic mass is 32.2. The molecule has 7 nitrogen and oxygen atoms in total. The molecule has 1 saturated carbocycles. The third-order valence-corrected chi connectivity index (χ3v) is 6.88. The molecule has 31 heavy (non-hydrogen) atoms. The minimum atomic E-state index is -3.62. The van der Waals surface area contributed by atoms with Crippen molar-refractivity contribution in [2.75, 3.05) is 13.2 Å². The predicted octanol–water partition coefficient (Wildman–Crippen LogP) is 2.96. The molecule has 0 radical (unpaired) electrons. The molecule has 0 unspecified atom stereocenters. The van der Waals surface area contributed by atoms with Gasteiger partial charge in [-0.25, -0.2) is 13.1 Å². The second-order valence-electron chi connectivity index (χ2n) is 8.76. The number of ether oxygens (including phenoxy) is 2. The lowest BCUT2D eigenvalue weighted by molar-refractivity contribution is 0.0945. The summed E-state index contributed by atoms with van der Waals surface area (Å²) < 4.78 is 39.4. The Kier molecular flexibility index (Phi) is 5.70. The summed E-state index contributed by atoms with van der Waals surface area (Å²) in [6.07, 6.45) is 2.53. The third-order valence-electron chi connectivity index (χ3n) is 5.36. The lowest BCUT2D eigenvalue weighted by Gasteiger charge is -2.18. The van der Waals surface area contributed by atoms with Crippen LogP contribution in [0.4, 0.5) is 0 Å². The van der Waals surface area contributed by atoms with Crippen molar-refractivity contribution in [3.05, 3.63) is 53.1 Å². The third kappa shape index (κ3) is 5.02. The first-order valence-electron chi connectivity index (χ1n) is 10.5. The summed E-state index contributed by atoms with van der Waals surface area (Å²) in [6.45, 7) is 6.40. The number of fused-ring (bicyclic) bond motifs is 1. The molecular formula is C23H28N2O5S. The van der Waals surface area contributed by atoms with Gasteiger partial charge in [-0.1, -0.05) is 18.2 Å². The van der Waals surface area contributed by atoms with Crippen LogP contribution in [0.1, 0.15) is 48.2 Å². The van der Waals surface area contributed by atoms with Crippen LogP contribution in [-0.4, -0.2) is 39.1 Å². The van der Waals surface area contributed by atoms with Crippen molar-refractivity contribution >= 4 is 15.9 Å². The average Bonchev–Trinajstić information content (AvgIpc) is 3.43. The number of sulfonamides is 1. The number of aryl methyl sites for hydroxylation is 1. The Labute approximate surface area is 183 Å². The van der Waals surface area contributed by atoms with Crippen molar-refractivity contribution in [2.45, 2.75) is 56.6 Å². The van der Waals surface area contributed by atoms with E-state index in [1.165, 1.54) is 12.1 Å². The minimum Gasteiger partial charge on any atom is -0.488 e.